The minimum atomic E-state index is 0.571. The van der Waals surface area contributed by atoms with Gasteiger partial charge in [0.25, 0.3) is 0 Å². The molecule has 0 spiro atoms. The number of nitrogen functional groups attached to an aromatic ring is 1. The molecule has 0 aromatic carbocycles. The van der Waals surface area contributed by atoms with E-state index in [1.165, 1.54) is 12.8 Å². The van der Waals surface area contributed by atoms with Crippen molar-refractivity contribution in [2.75, 3.05) is 5.73 Å². The molecule has 3 rings (SSSR count). The molecule has 1 saturated carbocycles. The third kappa shape index (κ3) is 2.28. The van der Waals surface area contributed by atoms with Crippen LogP contribution >= 0.6 is 45.5 Å². The number of anilines is 1. The first-order valence-electron chi connectivity index (χ1n) is 5.22. The van der Waals surface area contributed by atoms with E-state index < -0.39 is 0 Å². The van der Waals surface area contributed by atoms with E-state index in [1.54, 1.807) is 11.3 Å². The third-order valence-corrected chi connectivity index (χ3v) is 5.03. The van der Waals surface area contributed by atoms with Crippen LogP contribution in [0.15, 0.2) is 11.4 Å². The zero-order chi connectivity index (χ0) is 12.0. The van der Waals surface area contributed by atoms with E-state index in [1.807, 2.05) is 11.4 Å². The molecule has 0 atom stereocenters. The van der Waals surface area contributed by atoms with Gasteiger partial charge in [-0.3, -0.25) is 0 Å². The quantitative estimate of drug-likeness (QED) is 0.807. The Morgan fingerprint density at radius 3 is 2.76 bits per heavy atom. The minimum Gasteiger partial charge on any atom is -0.383 e. The second-order valence-corrected chi connectivity index (χ2v) is 6.46. The van der Waals surface area contributed by atoms with E-state index >= 15 is 0 Å². The number of hydrogen-bond donors (Lipinski definition) is 1. The van der Waals surface area contributed by atoms with Gasteiger partial charge >= 0.3 is 0 Å². The Bertz CT molecular complexity index is 580. The summed E-state index contributed by atoms with van der Waals surface area (Å²) in [6, 6.07) is 1.88. The van der Waals surface area contributed by atoms with E-state index in [9.17, 15) is 0 Å². The maximum Gasteiger partial charge on any atom is 0.171 e. The number of rotatable bonds is 2. The molecular weight excluding hydrogens is 369 g/mol. The molecule has 0 unspecified atom stereocenters. The first kappa shape index (κ1) is 11.7. The molecule has 2 aromatic heterocycles. The van der Waals surface area contributed by atoms with Crippen LogP contribution in [0.1, 0.15) is 24.5 Å². The van der Waals surface area contributed by atoms with Crippen molar-refractivity contribution < 1.29 is 0 Å². The molecule has 3 nitrogen and oxygen atoms in total. The lowest BCUT2D eigenvalue weighted by atomic mass is 10.2. The molecule has 0 saturated heterocycles. The lowest BCUT2D eigenvalue weighted by molar-refractivity contribution is 0.985. The highest BCUT2D eigenvalue weighted by Crippen LogP contribution is 2.42. The summed E-state index contributed by atoms with van der Waals surface area (Å²) >= 11 is 9.69. The van der Waals surface area contributed by atoms with Crippen LogP contribution < -0.4 is 5.73 Å². The number of thiophene rings is 1. The molecule has 1 fully saturated rings. The number of halogens is 2. The standard InChI is InChI=1S/C11H9ClIN3S/c12-6-3-7(17-4-6)11-15-9(5-1-2-5)8(13)10(14)16-11/h3-5H,1-2H2,(H2,14,15,16). The van der Waals surface area contributed by atoms with E-state index in [0.29, 0.717) is 17.6 Å². The molecule has 88 valence electrons. The lowest BCUT2D eigenvalue weighted by Gasteiger charge is -2.06. The predicted octanol–water partition coefficient (Wildman–Crippen LogP) is 3.92. The first-order valence-corrected chi connectivity index (χ1v) is 7.56. The molecule has 0 aliphatic heterocycles. The summed E-state index contributed by atoms with van der Waals surface area (Å²) < 4.78 is 0.997. The average molecular weight is 378 g/mol. The molecule has 6 heteroatoms. The topological polar surface area (TPSA) is 51.8 Å². The summed E-state index contributed by atoms with van der Waals surface area (Å²) in [5, 5.41) is 2.60. The van der Waals surface area contributed by atoms with Crippen molar-refractivity contribution in [1.29, 1.82) is 0 Å². The minimum absolute atomic E-state index is 0.571. The van der Waals surface area contributed by atoms with Gasteiger partial charge in [0.2, 0.25) is 0 Å². The van der Waals surface area contributed by atoms with Gasteiger partial charge in [-0.1, -0.05) is 11.6 Å². The molecule has 2 N–H and O–H groups in total. The highest BCUT2D eigenvalue weighted by molar-refractivity contribution is 14.1. The SMILES string of the molecule is Nc1nc(-c2cc(Cl)cs2)nc(C2CC2)c1I. The van der Waals surface area contributed by atoms with Crippen LogP contribution in [-0.4, -0.2) is 9.97 Å². The van der Waals surface area contributed by atoms with Crippen LogP contribution in [0.5, 0.6) is 0 Å². The number of hydrogen-bond acceptors (Lipinski definition) is 4. The zero-order valence-electron chi connectivity index (χ0n) is 8.78. The Morgan fingerprint density at radius 2 is 2.18 bits per heavy atom. The van der Waals surface area contributed by atoms with Crippen molar-refractivity contribution in [1.82, 2.24) is 9.97 Å². The summed E-state index contributed by atoms with van der Waals surface area (Å²) in [5.74, 6) is 1.84. The Labute approximate surface area is 122 Å². The van der Waals surface area contributed by atoms with Gasteiger partial charge in [-0.05, 0) is 41.5 Å². The van der Waals surface area contributed by atoms with Crippen LogP contribution in [0.3, 0.4) is 0 Å². The van der Waals surface area contributed by atoms with E-state index in [4.69, 9.17) is 17.3 Å². The third-order valence-electron chi connectivity index (χ3n) is 2.65. The largest absolute Gasteiger partial charge is 0.383 e. The summed E-state index contributed by atoms with van der Waals surface area (Å²) in [7, 11) is 0. The van der Waals surface area contributed by atoms with Gasteiger partial charge in [0.05, 0.1) is 19.2 Å². The highest BCUT2D eigenvalue weighted by Gasteiger charge is 2.29. The Hall–Kier alpha value is -0.400. The normalized spacial score (nSPS) is 15.2. The van der Waals surface area contributed by atoms with E-state index in [2.05, 4.69) is 32.6 Å². The van der Waals surface area contributed by atoms with Crippen LogP contribution in [0, 0.1) is 3.57 Å². The molecule has 1 aliphatic rings. The summed E-state index contributed by atoms with van der Waals surface area (Å²) in [4.78, 5) is 9.94. The van der Waals surface area contributed by atoms with Crippen LogP contribution in [0.2, 0.25) is 5.02 Å². The molecule has 0 radical (unpaired) electrons. The van der Waals surface area contributed by atoms with Gasteiger partial charge in [-0.15, -0.1) is 11.3 Å². The van der Waals surface area contributed by atoms with Gasteiger partial charge in [0.15, 0.2) is 5.82 Å². The molecule has 2 heterocycles. The molecule has 2 aromatic rings. The van der Waals surface area contributed by atoms with E-state index in [0.717, 1.165) is 19.2 Å². The second-order valence-electron chi connectivity index (χ2n) is 4.04. The monoisotopic (exact) mass is 377 g/mol. The maximum atomic E-state index is 5.94. The van der Waals surface area contributed by atoms with Gasteiger partial charge < -0.3 is 5.73 Å². The summed E-state index contributed by atoms with van der Waals surface area (Å²) in [6.07, 6.45) is 2.41. The van der Waals surface area contributed by atoms with Crippen molar-refractivity contribution >= 4 is 51.3 Å². The molecule has 0 bridgehead atoms. The molecule has 0 amide bonds. The van der Waals surface area contributed by atoms with Crippen LogP contribution in [0.4, 0.5) is 5.82 Å². The fraction of sp³-hybridized carbons (Fsp3) is 0.273. The summed E-state index contributed by atoms with van der Waals surface area (Å²) in [6.45, 7) is 0. The first-order chi connectivity index (χ1) is 8.15. The molecule has 17 heavy (non-hydrogen) atoms. The number of nitrogens with two attached hydrogens (primary N) is 1. The van der Waals surface area contributed by atoms with Crippen molar-refractivity contribution in [3.05, 3.63) is 25.7 Å². The van der Waals surface area contributed by atoms with Crippen LogP contribution in [0.25, 0.3) is 10.7 Å². The predicted molar refractivity (Wildman–Crippen MR) is 79.5 cm³/mol. The Balaban J connectivity index is 2.11. The fourth-order valence-corrected chi connectivity index (χ4v) is 3.34. The van der Waals surface area contributed by atoms with Crippen molar-refractivity contribution in [2.24, 2.45) is 0 Å². The van der Waals surface area contributed by atoms with Gasteiger partial charge in [-0.2, -0.15) is 0 Å². The summed E-state index contributed by atoms with van der Waals surface area (Å²) in [5.41, 5.74) is 7.04. The van der Waals surface area contributed by atoms with Crippen molar-refractivity contribution in [3.8, 4) is 10.7 Å². The highest BCUT2D eigenvalue weighted by atomic mass is 127. The zero-order valence-corrected chi connectivity index (χ0v) is 12.5. The van der Waals surface area contributed by atoms with Crippen LogP contribution in [-0.2, 0) is 0 Å². The lowest BCUT2D eigenvalue weighted by Crippen LogP contribution is -2.03. The maximum absolute atomic E-state index is 5.94. The van der Waals surface area contributed by atoms with Crippen molar-refractivity contribution in [2.45, 2.75) is 18.8 Å². The molecule has 1 aliphatic carbocycles. The fourth-order valence-electron chi connectivity index (χ4n) is 1.65. The van der Waals surface area contributed by atoms with Gasteiger partial charge in [-0.25, -0.2) is 9.97 Å². The number of nitrogens with zero attached hydrogens (tertiary/aromatic N) is 2. The second kappa shape index (κ2) is 4.37. The molecular formula is C11H9ClIN3S. The van der Waals surface area contributed by atoms with Gasteiger partial charge in [0.1, 0.15) is 5.82 Å². The average Bonchev–Trinajstić information content (AvgIpc) is 3.05. The van der Waals surface area contributed by atoms with E-state index in [-0.39, 0.29) is 0 Å². The number of aromatic nitrogens is 2. The smallest absolute Gasteiger partial charge is 0.171 e. The van der Waals surface area contributed by atoms with Gasteiger partial charge in [0, 0.05) is 11.3 Å². The Kier molecular flexibility index (Phi) is 3.00. The van der Waals surface area contributed by atoms with Crippen molar-refractivity contribution in [3.63, 3.8) is 0 Å². The Morgan fingerprint density at radius 1 is 1.41 bits per heavy atom.